The molecule has 0 saturated carbocycles. The van der Waals surface area contributed by atoms with E-state index in [1.165, 1.54) is 30.6 Å². The molecule has 210 valence electrons. The average molecular weight is 560 g/mol. The molecule has 3 N–H and O–H groups in total. The number of fused-ring (bicyclic) bond motifs is 1. The van der Waals surface area contributed by atoms with E-state index in [4.69, 9.17) is 5.73 Å². The summed E-state index contributed by atoms with van der Waals surface area (Å²) in [6.07, 6.45) is 1.41. The second kappa shape index (κ2) is 11.5. The van der Waals surface area contributed by atoms with Crippen molar-refractivity contribution in [1.82, 2.24) is 24.8 Å². The third-order valence-corrected chi connectivity index (χ3v) is 7.03. The molecular formula is C30H28F3N7O. The molecule has 1 aromatic carbocycles. The van der Waals surface area contributed by atoms with Gasteiger partial charge >= 0.3 is 6.18 Å². The molecule has 5 rings (SSSR count). The maximum Gasteiger partial charge on any atom is 0.416 e. The average Bonchev–Trinajstić information content (AvgIpc) is 2.94. The molecule has 1 fully saturated rings. The molecule has 0 aliphatic carbocycles. The minimum absolute atomic E-state index is 0.0425. The largest absolute Gasteiger partial charge is 0.416 e. The fourth-order valence-electron chi connectivity index (χ4n) is 4.85. The summed E-state index contributed by atoms with van der Waals surface area (Å²) in [4.78, 5) is 29.6. The first kappa shape index (κ1) is 28.0. The van der Waals surface area contributed by atoms with Crippen LogP contribution in [0.2, 0.25) is 0 Å². The lowest BCUT2D eigenvalue weighted by molar-refractivity contribution is -0.138. The Bertz CT molecular complexity index is 1660. The number of piperazine rings is 1. The summed E-state index contributed by atoms with van der Waals surface area (Å²) >= 11 is 0. The SMILES string of the molecule is C[C@H]1CN(C)CCN1Cc1ccc(NC(=O)c2cncc(C#Cc3cnc(N)c4ncccc34)c2)cc1C(F)(F)F. The fourth-order valence-corrected chi connectivity index (χ4v) is 4.85. The number of nitrogens with one attached hydrogen (secondary N) is 1. The van der Waals surface area contributed by atoms with Gasteiger partial charge in [0.05, 0.1) is 16.7 Å². The molecule has 1 amide bonds. The predicted molar refractivity (Wildman–Crippen MR) is 151 cm³/mol. The van der Waals surface area contributed by atoms with Crippen LogP contribution in [0.1, 0.15) is 39.5 Å². The maximum absolute atomic E-state index is 14.0. The summed E-state index contributed by atoms with van der Waals surface area (Å²) in [5, 5.41) is 3.30. The molecule has 4 heterocycles. The number of aromatic nitrogens is 3. The van der Waals surface area contributed by atoms with Crippen LogP contribution in [-0.2, 0) is 12.7 Å². The van der Waals surface area contributed by atoms with Crippen molar-refractivity contribution in [2.75, 3.05) is 37.7 Å². The van der Waals surface area contributed by atoms with Gasteiger partial charge in [-0.15, -0.1) is 0 Å². The van der Waals surface area contributed by atoms with Crippen LogP contribution >= 0.6 is 0 Å². The lowest BCUT2D eigenvalue weighted by Crippen LogP contribution is -2.49. The van der Waals surface area contributed by atoms with Crippen LogP contribution in [0.3, 0.4) is 0 Å². The Hall–Kier alpha value is -4.53. The third-order valence-electron chi connectivity index (χ3n) is 7.03. The van der Waals surface area contributed by atoms with Crippen molar-refractivity contribution in [3.63, 3.8) is 0 Å². The Morgan fingerprint density at radius 3 is 2.73 bits per heavy atom. The first-order valence-electron chi connectivity index (χ1n) is 13.0. The molecule has 0 bridgehead atoms. The van der Waals surface area contributed by atoms with E-state index < -0.39 is 17.6 Å². The monoisotopic (exact) mass is 559 g/mol. The van der Waals surface area contributed by atoms with Crippen molar-refractivity contribution in [2.45, 2.75) is 25.7 Å². The second-order valence-corrected chi connectivity index (χ2v) is 10.1. The van der Waals surface area contributed by atoms with Gasteiger partial charge in [0.2, 0.25) is 0 Å². The number of amides is 1. The van der Waals surface area contributed by atoms with E-state index in [1.54, 1.807) is 18.5 Å². The zero-order valence-corrected chi connectivity index (χ0v) is 22.5. The van der Waals surface area contributed by atoms with Gasteiger partial charge in [-0.05, 0) is 49.9 Å². The number of pyridine rings is 3. The fraction of sp³-hybridized carbons (Fsp3) is 0.267. The van der Waals surface area contributed by atoms with Crippen molar-refractivity contribution in [3.05, 3.63) is 89.0 Å². The smallest absolute Gasteiger partial charge is 0.382 e. The number of halogens is 3. The number of hydrogen-bond donors (Lipinski definition) is 2. The number of rotatable bonds is 4. The molecule has 11 heteroatoms. The van der Waals surface area contributed by atoms with E-state index in [0.717, 1.165) is 24.5 Å². The molecule has 4 aromatic rings. The van der Waals surface area contributed by atoms with E-state index >= 15 is 0 Å². The first-order valence-corrected chi connectivity index (χ1v) is 13.0. The van der Waals surface area contributed by atoms with Gasteiger partial charge in [-0.3, -0.25) is 19.7 Å². The number of benzene rings is 1. The number of nitrogens with zero attached hydrogens (tertiary/aromatic N) is 5. The quantitative estimate of drug-likeness (QED) is 0.357. The van der Waals surface area contributed by atoms with E-state index in [1.807, 2.05) is 24.9 Å². The van der Waals surface area contributed by atoms with Gasteiger partial charge in [0, 0.05) is 73.6 Å². The first-order chi connectivity index (χ1) is 19.6. The third kappa shape index (κ3) is 6.45. The Morgan fingerprint density at radius 2 is 1.95 bits per heavy atom. The van der Waals surface area contributed by atoms with Gasteiger partial charge in [0.15, 0.2) is 0 Å². The number of likely N-dealkylation sites (N-methyl/N-ethyl adjacent to an activating group) is 1. The van der Waals surface area contributed by atoms with Crippen LogP contribution in [0.5, 0.6) is 0 Å². The highest BCUT2D eigenvalue weighted by Crippen LogP contribution is 2.35. The number of carbonyl (C=O) groups excluding carboxylic acids is 1. The Balaban J connectivity index is 1.35. The highest BCUT2D eigenvalue weighted by molar-refractivity contribution is 6.04. The van der Waals surface area contributed by atoms with Crippen molar-refractivity contribution in [2.24, 2.45) is 0 Å². The van der Waals surface area contributed by atoms with Gasteiger partial charge in [0.25, 0.3) is 5.91 Å². The topological polar surface area (TPSA) is 100 Å². The molecule has 1 aliphatic rings. The summed E-state index contributed by atoms with van der Waals surface area (Å²) in [5.41, 5.74) is 7.08. The molecule has 1 atom stereocenters. The minimum atomic E-state index is -4.57. The van der Waals surface area contributed by atoms with Gasteiger partial charge in [0.1, 0.15) is 11.3 Å². The number of anilines is 2. The Morgan fingerprint density at radius 1 is 1.12 bits per heavy atom. The summed E-state index contributed by atoms with van der Waals surface area (Å²) in [6, 6.07) is 9.16. The lowest BCUT2D eigenvalue weighted by atomic mass is 10.0. The molecule has 1 saturated heterocycles. The highest BCUT2D eigenvalue weighted by Gasteiger charge is 2.35. The second-order valence-electron chi connectivity index (χ2n) is 10.1. The Kier molecular flexibility index (Phi) is 7.88. The zero-order valence-electron chi connectivity index (χ0n) is 22.5. The normalized spacial score (nSPS) is 16.3. The minimum Gasteiger partial charge on any atom is -0.382 e. The van der Waals surface area contributed by atoms with Gasteiger partial charge in [-0.1, -0.05) is 17.9 Å². The molecule has 41 heavy (non-hydrogen) atoms. The van der Waals surface area contributed by atoms with E-state index in [2.05, 4.69) is 37.0 Å². The van der Waals surface area contributed by atoms with E-state index in [9.17, 15) is 18.0 Å². The van der Waals surface area contributed by atoms with Crippen LogP contribution in [0.25, 0.3) is 10.9 Å². The van der Waals surface area contributed by atoms with Crippen LogP contribution in [0, 0.1) is 11.8 Å². The number of nitrogens with two attached hydrogens (primary N) is 1. The van der Waals surface area contributed by atoms with Gasteiger partial charge < -0.3 is 16.0 Å². The molecular weight excluding hydrogens is 531 g/mol. The molecule has 1 aliphatic heterocycles. The van der Waals surface area contributed by atoms with Crippen molar-refractivity contribution in [3.8, 4) is 11.8 Å². The molecule has 0 radical (unpaired) electrons. The predicted octanol–water partition coefficient (Wildman–Crippen LogP) is 4.41. The summed E-state index contributed by atoms with van der Waals surface area (Å²) in [6.45, 7) is 4.45. The number of carbonyl (C=O) groups is 1. The summed E-state index contributed by atoms with van der Waals surface area (Å²) in [5.74, 6) is 5.66. The van der Waals surface area contributed by atoms with Gasteiger partial charge in [-0.2, -0.15) is 13.2 Å². The number of alkyl halides is 3. The van der Waals surface area contributed by atoms with Crippen LogP contribution < -0.4 is 11.1 Å². The summed E-state index contributed by atoms with van der Waals surface area (Å²) in [7, 11) is 2.00. The maximum atomic E-state index is 14.0. The van der Waals surface area contributed by atoms with Crippen molar-refractivity contribution in [1.29, 1.82) is 0 Å². The van der Waals surface area contributed by atoms with Gasteiger partial charge in [-0.25, -0.2) is 4.98 Å². The zero-order chi connectivity index (χ0) is 29.1. The van der Waals surface area contributed by atoms with Crippen LogP contribution in [0.15, 0.2) is 61.2 Å². The Labute approximate surface area is 235 Å². The molecule has 3 aromatic heterocycles. The lowest BCUT2D eigenvalue weighted by Gasteiger charge is -2.38. The number of hydrogen-bond acceptors (Lipinski definition) is 7. The number of nitrogen functional groups attached to an aromatic ring is 1. The van der Waals surface area contributed by atoms with Crippen LogP contribution in [0.4, 0.5) is 24.7 Å². The van der Waals surface area contributed by atoms with E-state index in [0.29, 0.717) is 29.0 Å². The van der Waals surface area contributed by atoms with Crippen LogP contribution in [-0.4, -0.2) is 63.4 Å². The summed E-state index contributed by atoms with van der Waals surface area (Å²) < 4.78 is 42.1. The van der Waals surface area contributed by atoms with E-state index in [-0.39, 0.29) is 29.4 Å². The molecule has 8 nitrogen and oxygen atoms in total. The van der Waals surface area contributed by atoms with Crippen molar-refractivity contribution >= 4 is 28.3 Å². The molecule has 0 spiro atoms. The van der Waals surface area contributed by atoms with Crippen molar-refractivity contribution < 1.29 is 18.0 Å². The standard InChI is InChI=1S/C30H28F3N7O/c1-19-17-39(2)10-11-40(19)18-22-7-8-24(13-26(22)30(31,32)33)38-29(41)23-12-20(14-35-15-23)5-6-21-16-37-28(34)27-25(21)4-3-9-36-27/h3-4,7-9,12-16,19H,10-11,17-18H2,1-2H3,(H2,34,37)(H,38,41)/t19-/m0/s1. The highest BCUT2D eigenvalue weighted by atomic mass is 19.4. The molecule has 0 unspecified atom stereocenters.